The normalized spacial score (nSPS) is 18.7. The van der Waals surface area contributed by atoms with Gasteiger partial charge in [0, 0.05) is 5.75 Å². The lowest BCUT2D eigenvalue weighted by Crippen LogP contribution is -2.04. The summed E-state index contributed by atoms with van der Waals surface area (Å²) in [7, 11) is 0. The van der Waals surface area contributed by atoms with Gasteiger partial charge < -0.3 is 0 Å². The number of allylic oxidation sites excluding steroid dienone is 1. The van der Waals surface area contributed by atoms with Crippen molar-refractivity contribution in [2.45, 2.75) is 32.1 Å². The number of benzene rings is 1. The van der Waals surface area contributed by atoms with E-state index in [0.29, 0.717) is 0 Å². The summed E-state index contributed by atoms with van der Waals surface area (Å²) >= 11 is 4.46. The molecule has 1 aliphatic carbocycles. The fourth-order valence-electron chi connectivity index (χ4n) is 2.48. The Morgan fingerprint density at radius 3 is 2.44 bits per heavy atom. The molecule has 0 heterocycles. The molecule has 0 N–H and O–H groups in total. The van der Waals surface area contributed by atoms with Crippen molar-refractivity contribution < 1.29 is 0 Å². The average Bonchev–Trinajstić information content (AvgIpc) is 2.38. The zero-order valence-corrected chi connectivity index (χ0v) is 10.6. The second-order valence-electron chi connectivity index (χ2n) is 4.61. The molecule has 1 aliphatic rings. The summed E-state index contributed by atoms with van der Waals surface area (Å²) < 4.78 is 0. The maximum Gasteiger partial charge on any atom is 0.0157 e. The monoisotopic (exact) mass is 232 g/mol. The first-order valence-electron chi connectivity index (χ1n) is 6.27. The first kappa shape index (κ1) is 11.8. The van der Waals surface area contributed by atoms with Crippen LogP contribution >= 0.6 is 12.6 Å². The van der Waals surface area contributed by atoms with Gasteiger partial charge in [0.25, 0.3) is 0 Å². The first-order chi connectivity index (χ1) is 7.90. The van der Waals surface area contributed by atoms with Crippen molar-refractivity contribution in [2.75, 3.05) is 5.75 Å². The van der Waals surface area contributed by atoms with E-state index in [1.807, 2.05) is 0 Å². The molecule has 0 atom stereocenters. The summed E-state index contributed by atoms with van der Waals surface area (Å²) in [6.45, 7) is 0. The van der Waals surface area contributed by atoms with Crippen LogP contribution in [0.4, 0.5) is 0 Å². The smallest absolute Gasteiger partial charge is 0.0157 e. The number of hydrogen-bond acceptors (Lipinski definition) is 1. The standard InChI is InChI=1S/C15H20S/c16-12-15(14-9-5-2-6-10-14)11-13-7-3-1-4-8-13/h2,5-6,9-11,13,16H,1,3-4,7-8,12H2. The van der Waals surface area contributed by atoms with Gasteiger partial charge in [-0.15, -0.1) is 0 Å². The Bertz CT molecular complexity index is 334. The van der Waals surface area contributed by atoms with Gasteiger partial charge in [0.1, 0.15) is 0 Å². The third-order valence-electron chi connectivity index (χ3n) is 3.40. The molecule has 1 saturated carbocycles. The summed E-state index contributed by atoms with van der Waals surface area (Å²) in [6, 6.07) is 10.6. The highest BCUT2D eigenvalue weighted by atomic mass is 32.1. The Labute approximate surface area is 104 Å². The van der Waals surface area contributed by atoms with E-state index < -0.39 is 0 Å². The summed E-state index contributed by atoms with van der Waals surface area (Å²) in [4.78, 5) is 0. The lowest BCUT2D eigenvalue weighted by Gasteiger charge is -2.19. The fraction of sp³-hybridized carbons (Fsp3) is 0.467. The number of hydrogen-bond donors (Lipinski definition) is 1. The van der Waals surface area contributed by atoms with Crippen LogP contribution in [0.5, 0.6) is 0 Å². The summed E-state index contributed by atoms with van der Waals surface area (Å²) in [5.41, 5.74) is 2.74. The minimum Gasteiger partial charge on any atom is -0.175 e. The van der Waals surface area contributed by atoms with Crippen molar-refractivity contribution in [2.24, 2.45) is 5.92 Å². The molecule has 0 unspecified atom stereocenters. The molecule has 2 rings (SSSR count). The van der Waals surface area contributed by atoms with Crippen LogP contribution in [-0.4, -0.2) is 5.75 Å². The quantitative estimate of drug-likeness (QED) is 0.725. The molecular formula is C15H20S. The van der Waals surface area contributed by atoms with Crippen molar-refractivity contribution >= 4 is 18.2 Å². The lowest BCUT2D eigenvalue weighted by atomic mass is 9.87. The predicted octanol–water partition coefficient (Wildman–Crippen LogP) is 4.58. The van der Waals surface area contributed by atoms with Crippen LogP contribution in [-0.2, 0) is 0 Å². The molecule has 16 heavy (non-hydrogen) atoms. The molecule has 0 amide bonds. The largest absolute Gasteiger partial charge is 0.175 e. The molecule has 0 radical (unpaired) electrons. The maximum absolute atomic E-state index is 4.46. The number of rotatable bonds is 3. The van der Waals surface area contributed by atoms with E-state index in [1.54, 1.807) is 0 Å². The van der Waals surface area contributed by atoms with Crippen molar-refractivity contribution in [3.63, 3.8) is 0 Å². The average molecular weight is 232 g/mol. The van der Waals surface area contributed by atoms with Crippen molar-refractivity contribution in [3.05, 3.63) is 42.0 Å². The second-order valence-corrected chi connectivity index (χ2v) is 4.93. The molecular weight excluding hydrogens is 212 g/mol. The van der Waals surface area contributed by atoms with E-state index in [4.69, 9.17) is 0 Å². The van der Waals surface area contributed by atoms with Crippen molar-refractivity contribution in [1.82, 2.24) is 0 Å². The molecule has 0 aliphatic heterocycles. The van der Waals surface area contributed by atoms with E-state index in [2.05, 4.69) is 49.0 Å². The highest BCUT2D eigenvalue weighted by Gasteiger charge is 2.12. The van der Waals surface area contributed by atoms with E-state index in [-0.39, 0.29) is 0 Å². The van der Waals surface area contributed by atoms with Crippen LogP contribution in [0, 0.1) is 5.92 Å². The molecule has 86 valence electrons. The lowest BCUT2D eigenvalue weighted by molar-refractivity contribution is 0.420. The van der Waals surface area contributed by atoms with Crippen LogP contribution in [0.15, 0.2) is 36.4 Å². The van der Waals surface area contributed by atoms with Gasteiger partial charge in [0.2, 0.25) is 0 Å². The summed E-state index contributed by atoms with van der Waals surface area (Å²) in [5, 5.41) is 0. The van der Waals surface area contributed by atoms with Gasteiger partial charge in [-0.25, -0.2) is 0 Å². The Kier molecular flexibility index (Phi) is 4.53. The zero-order valence-electron chi connectivity index (χ0n) is 9.73. The minimum atomic E-state index is 0.788. The van der Waals surface area contributed by atoms with Crippen LogP contribution in [0.25, 0.3) is 5.57 Å². The predicted molar refractivity (Wildman–Crippen MR) is 74.8 cm³/mol. The SMILES string of the molecule is SCC(=CC1CCCCC1)c1ccccc1. The summed E-state index contributed by atoms with van der Waals surface area (Å²) in [5.74, 6) is 1.64. The second kappa shape index (κ2) is 6.15. The van der Waals surface area contributed by atoms with Gasteiger partial charge >= 0.3 is 0 Å². The van der Waals surface area contributed by atoms with Gasteiger partial charge in [0.05, 0.1) is 0 Å². The van der Waals surface area contributed by atoms with E-state index in [1.165, 1.54) is 43.2 Å². The minimum absolute atomic E-state index is 0.788. The fourth-order valence-corrected chi connectivity index (χ4v) is 2.77. The topological polar surface area (TPSA) is 0 Å². The van der Waals surface area contributed by atoms with Gasteiger partial charge in [-0.2, -0.15) is 12.6 Å². The highest BCUT2D eigenvalue weighted by molar-refractivity contribution is 7.80. The molecule has 0 nitrogen and oxygen atoms in total. The van der Waals surface area contributed by atoms with Crippen LogP contribution in [0.1, 0.15) is 37.7 Å². The molecule has 1 aromatic rings. The van der Waals surface area contributed by atoms with Crippen molar-refractivity contribution in [1.29, 1.82) is 0 Å². The molecule has 1 heteroatoms. The Balaban J connectivity index is 2.12. The van der Waals surface area contributed by atoms with E-state index >= 15 is 0 Å². The van der Waals surface area contributed by atoms with Crippen molar-refractivity contribution in [3.8, 4) is 0 Å². The van der Waals surface area contributed by atoms with Gasteiger partial charge in [0.15, 0.2) is 0 Å². The summed E-state index contributed by atoms with van der Waals surface area (Å²) in [6.07, 6.45) is 9.41. The Morgan fingerprint density at radius 2 is 1.81 bits per heavy atom. The first-order valence-corrected chi connectivity index (χ1v) is 6.90. The van der Waals surface area contributed by atoms with Crippen LogP contribution < -0.4 is 0 Å². The van der Waals surface area contributed by atoms with E-state index in [0.717, 1.165) is 11.7 Å². The van der Waals surface area contributed by atoms with Crippen LogP contribution in [0.2, 0.25) is 0 Å². The van der Waals surface area contributed by atoms with Crippen LogP contribution in [0.3, 0.4) is 0 Å². The Hall–Kier alpha value is -0.690. The molecule has 1 aromatic carbocycles. The maximum atomic E-state index is 4.46. The zero-order chi connectivity index (χ0) is 11.2. The number of thiol groups is 1. The molecule has 1 fully saturated rings. The molecule has 0 saturated heterocycles. The molecule has 0 aromatic heterocycles. The molecule has 0 bridgehead atoms. The molecule has 0 spiro atoms. The van der Waals surface area contributed by atoms with Gasteiger partial charge in [-0.1, -0.05) is 55.7 Å². The van der Waals surface area contributed by atoms with E-state index in [9.17, 15) is 0 Å². The van der Waals surface area contributed by atoms with Gasteiger partial charge in [-0.3, -0.25) is 0 Å². The Morgan fingerprint density at radius 1 is 1.12 bits per heavy atom. The highest BCUT2D eigenvalue weighted by Crippen LogP contribution is 2.28. The van der Waals surface area contributed by atoms with Gasteiger partial charge in [-0.05, 0) is 29.9 Å². The third kappa shape index (κ3) is 3.15. The third-order valence-corrected chi connectivity index (χ3v) is 3.74.